The molecule has 20 heavy (non-hydrogen) atoms. The Morgan fingerprint density at radius 3 is 2.80 bits per heavy atom. The Balaban J connectivity index is 2.62. The van der Waals surface area contributed by atoms with E-state index < -0.39 is 0 Å². The second-order valence-corrected chi connectivity index (χ2v) is 4.20. The maximum absolute atomic E-state index is 11.9. The molecule has 1 aromatic carbocycles. The van der Waals surface area contributed by atoms with Crippen molar-refractivity contribution < 1.29 is 14.7 Å². The van der Waals surface area contributed by atoms with Crippen LogP contribution in [0, 0.1) is 0 Å². The first-order chi connectivity index (χ1) is 9.60. The number of anilines is 1. The third-order valence-corrected chi connectivity index (χ3v) is 2.77. The van der Waals surface area contributed by atoms with Crippen LogP contribution >= 0.6 is 0 Å². The molecule has 0 heterocycles. The highest BCUT2D eigenvalue weighted by molar-refractivity contribution is 5.91. The minimum absolute atomic E-state index is 0.0782. The van der Waals surface area contributed by atoms with E-state index >= 15 is 0 Å². The molecule has 2 amide bonds. The molecule has 1 atom stereocenters. The highest BCUT2D eigenvalue weighted by Gasteiger charge is 2.13. The molecule has 0 radical (unpaired) electrons. The lowest BCUT2D eigenvalue weighted by Gasteiger charge is -2.17. The molecule has 0 bridgehead atoms. The maximum Gasteiger partial charge on any atom is 0.319 e. The first kappa shape index (κ1) is 15.6. The van der Waals surface area contributed by atoms with E-state index in [0.29, 0.717) is 17.9 Å². The van der Waals surface area contributed by atoms with E-state index in [9.17, 15) is 4.79 Å². The van der Waals surface area contributed by atoms with Gasteiger partial charge in [0, 0.05) is 12.5 Å². The standard InChI is InChI=1S/C13H20N4O3/c1-3-9(8-12(14)17-19)15-13(18)16-10-6-4-5-7-11(10)20-2/h4-7,9,19H,3,8H2,1-2H3,(H2,14,17)(H2,15,16,18). The molecule has 0 aliphatic rings. The van der Waals surface area contributed by atoms with Gasteiger partial charge in [-0.1, -0.05) is 24.2 Å². The highest BCUT2D eigenvalue weighted by Crippen LogP contribution is 2.22. The zero-order chi connectivity index (χ0) is 15.0. The molecule has 0 saturated carbocycles. The SMILES string of the molecule is CCC(CC(N)=NO)NC(=O)Nc1ccccc1OC. The topological polar surface area (TPSA) is 109 Å². The van der Waals surface area contributed by atoms with E-state index in [-0.39, 0.29) is 24.3 Å². The summed E-state index contributed by atoms with van der Waals surface area (Å²) in [7, 11) is 1.53. The first-order valence-corrected chi connectivity index (χ1v) is 6.27. The zero-order valence-electron chi connectivity index (χ0n) is 11.6. The average Bonchev–Trinajstić information content (AvgIpc) is 2.46. The van der Waals surface area contributed by atoms with Gasteiger partial charge in [-0.2, -0.15) is 0 Å². The number of rotatable bonds is 6. The van der Waals surface area contributed by atoms with Crippen molar-refractivity contribution in [1.82, 2.24) is 5.32 Å². The lowest BCUT2D eigenvalue weighted by molar-refractivity contribution is 0.248. The number of hydrogen-bond acceptors (Lipinski definition) is 4. The summed E-state index contributed by atoms with van der Waals surface area (Å²) >= 11 is 0. The Morgan fingerprint density at radius 1 is 1.50 bits per heavy atom. The molecule has 110 valence electrons. The monoisotopic (exact) mass is 280 g/mol. The molecule has 0 aliphatic carbocycles. The van der Waals surface area contributed by atoms with Gasteiger partial charge in [0.2, 0.25) is 0 Å². The third kappa shape index (κ3) is 4.68. The van der Waals surface area contributed by atoms with Crippen LogP contribution in [-0.4, -0.2) is 30.2 Å². The number of para-hydroxylation sites is 2. The Kier molecular flexibility index (Phi) is 6.15. The number of hydrogen-bond donors (Lipinski definition) is 4. The number of amides is 2. The quantitative estimate of drug-likeness (QED) is 0.275. The number of amidine groups is 1. The van der Waals surface area contributed by atoms with Crippen LogP contribution in [0.3, 0.4) is 0 Å². The Hall–Kier alpha value is -2.44. The van der Waals surface area contributed by atoms with Gasteiger partial charge in [0.05, 0.1) is 12.8 Å². The van der Waals surface area contributed by atoms with Crippen molar-refractivity contribution in [3.8, 4) is 5.75 Å². The fraction of sp³-hybridized carbons (Fsp3) is 0.385. The molecule has 0 aromatic heterocycles. The van der Waals surface area contributed by atoms with Crippen molar-refractivity contribution >= 4 is 17.6 Å². The van der Waals surface area contributed by atoms with Crippen LogP contribution < -0.4 is 21.1 Å². The number of carbonyl (C=O) groups is 1. The predicted octanol–water partition coefficient (Wildman–Crippen LogP) is 1.73. The summed E-state index contributed by atoms with van der Waals surface area (Å²) in [5, 5.41) is 16.9. The largest absolute Gasteiger partial charge is 0.495 e. The molecule has 1 aromatic rings. The van der Waals surface area contributed by atoms with Gasteiger partial charge in [-0.05, 0) is 18.6 Å². The molecule has 7 heteroatoms. The lowest BCUT2D eigenvalue weighted by Crippen LogP contribution is -2.40. The van der Waals surface area contributed by atoms with Crippen molar-refractivity contribution in [3.63, 3.8) is 0 Å². The van der Waals surface area contributed by atoms with Crippen LogP contribution in [0.25, 0.3) is 0 Å². The number of ether oxygens (including phenoxy) is 1. The van der Waals surface area contributed by atoms with Crippen LogP contribution in [0.4, 0.5) is 10.5 Å². The summed E-state index contributed by atoms with van der Waals surface area (Å²) < 4.78 is 5.14. The van der Waals surface area contributed by atoms with E-state index in [0.717, 1.165) is 0 Å². The molecule has 0 saturated heterocycles. The number of benzene rings is 1. The van der Waals surface area contributed by atoms with Gasteiger partial charge in [0.15, 0.2) is 0 Å². The van der Waals surface area contributed by atoms with Crippen LogP contribution in [0.2, 0.25) is 0 Å². The number of oxime groups is 1. The van der Waals surface area contributed by atoms with Crippen LogP contribution in [0.1, 0.15) is 19.8 Å². The van der Waals surface area contributed by atoms with Crippen LogP contribution in [0.5, 0.6) is 5.75 Å². The van der Waals surface area contributed by atoms with Crippen molar-refractivity contribution in [3.05, 3.63) is 24.3 Å². The van der Waals surface area contributed by atoms with Gasteiger partial charge in [-0.3, -0.25) is 0 Å². The number of nitrogens with one attached hydrogen (secondary N) is 2. The molecule has 1 rings (SSSR count). The van der Waals surface area contributed by atoms with Gasteiger partial charge >= 0.3 is 6.03 Å². The van der Waals surface area contributed by atoms with Crippen molar-refractivity contribution in [2.75, 3.05) is 12.4 Å². The van der Waals surface area contributed by atoms with Gasteiger partial charge in [-0.15, -0.1) is 0 Å². The number of nitrogens with two attached hydrogens (primary N) is 1. The van der Waals surface area contributed by atoms with E-state index in [2.05, 4.69) is 15.8 Å². The molecule has 1 unspecified atom stereocenters. The second-order valence-electron chi connectivity index (χ2n) is 4.20. The van der Waals surface area contributed by atoms with E-state index in [4.69, 9.17) is 15.7 Å². The second kappa shape index (κ2) is 7.88. The third-order valence-electron chi connectivity index (χ3n) is 2.77. The van der Waals surface area contributed by atoms with Gasteiger partial charge in [0.25, 0.3) is 0 Å². The molecule has 0 aliphatic heterocycles. The fourth-order valence-corrected chi connectivity index (χ4v) is 1.68. The molecule has 7 nitrogen and oxygen atoms in total. The van der Waals surface area contributed by atoms with Crippen molar-refractivity contribution in [2.24, 2.45) is 10.9 Å². The van der Waals surface area contributed by atoms with Gasteiger partial charge in [0.1, 0.15) is 11.6 Å². The number of methoxy groups -OCH3 is 1. The van der Waals surface area contributed by atoms with Crippen LogP contribution in [0.15, 0.2) is 29.4 Å². The molecular formula is C13H20N4O3. The van der Waals surface area contributed by atoms with Crippen molar-refractivity contribution in [2.45, 2.75) is 25.8 Å². The number of urea groups is 1. The van der Waals surface area contributed by atoms with Gasteiger partial charge in [-0.25, -0.2) is 4.79 Å². The smallest absolute Gasteiger partial charge is 0.319 e. The summed E-state index contributed by atoms with van der Waals surface area (Å²) in [6.45, 7) is 1.90. The fourth-order valence-electron chi connectivity index (χ4n) is 1.68. The van der Waals surface area contributed by atoms with E-state index in [1.54, 1.807) is 18.2 Å². The van der Waals surface area contributed by atoms with Crippen molar-refractivity contribution in [1.29, 1.82) is 0 Å². The molecule has 0 spiro atoms. The Morgan fingerprint density at radius 2 is 2.20 bits per heavy atom. The Bertz CT molecular complexity index is 476. The number of carbonyl (C=O) groups excluding carboxylic acids is 1. The average molecular weight is 280 g/mol. The summed E-state index contributed by atoms with van der Waals surface area (Å²) in [6, 6.07) is 6.53. The zero-order valence-corrected chi connectivity index (χ0v) is 11.6. The Labute approximate surface area is 117 Å². The minimum atomic E-state index is -0.368. The summed E-state index contributed by atoms with van der Waals surface area (Å²) in [5.74, 6) is 0.654. The number of nitrogens with zero attached hydrogens (tertiary/aromatic N) is 1. The molecule has 0 fully saturated rings. The summed E-state index contributed by atoms with van der Waals surface area (Å²) in [4.78, 5) is 11.9. The van der Waals surface area contributed by atoms with Gasteiger partial charge < -0.3 is 26.3 Å². The molecular weight excluding hydrogens is 260 g/mol. The molecule has 5 N–H and O–H groups in total. The highest BCUT2D eigenvalue weighted by atomic mass is 16.5. The predicted molar refractivity (Wildman–Crippen MR) is 77.3 cm³/mol. The first-order valence-electron chi connectivity index (χ1n) is 6.27. The van der Waals surface area contributed by atoms with E-state index in [1.807, 2.05) is 13.0 Å². The summed E-state index contributed by atoms with van der Waals surface area (Å²) in [6.07, 6.45) is 0.946. The maximum atomic E-state index is 11.9. The van der Waals surface area contributed by atoms with Crippen LogP contribution in [-0.2, 0) is 0 Å². The summed E-state index contributed by atoms with van der Waals surface area (Å²) in [5.41, 5.74) is 6.01. The normalized spacial score (nSPS) is 12.6. The lowest BCUT2D eigenvalue weighted by atomic mass is 10.1. The van der Waals surface area contributed by atoms with E-state index in [1.165, 1.54) is 7.11 Å². The minimum Gasteiger partial charge on any atom is -0.495 e.